The molecule has 0 amide bonds. The van der Waals surface area contributed by atoms with E-state index in [1.807, 2.05) is 0 Å². The predicted molar refractivity (Wildman–Crippen MR) is 59.7 cm³/mol. The van der Waals surface area contributed by atoms with E-state index in [0.717, 1.165) is 25.7 Å². The predicted octanol–water partition coefficient (Wildman–Crippen LogP) is 3.46. The highest BCUT2D eigenvalue weighted by molar-refractivity contribution is 5.71. The highest BCUT2D eigenvalue weighted by Crippen LogP contribution is 2.41. The Morgan fingerprint density at radius 2 is 1.33 bits per heavy atom. The van der Waals surface area contributed by atoms with Crippen LogP contribution >= 0.6 is 0 Å². The molecule has 0 saturated heterocycles. The Morgan fingerprint density at radius 3 is 1.67 bits per heavy atom. The Morgan fingerprint density at radius 1 is 0.867 bits per heavy atom. The molecule has 1 N–H and O–H groups in total. The van der Waals surface area contributed by atoms with Crippen molar-refractivity contribution in [2.75, 3.05) is 0 Å². The summed E-state index contributed by atoms with van der Waals surface area (Å²) < 4.78 is 0. The average Bonchev–Trinajstić information content (AvgIpc) is 2.38. The van der Waals surface area contributed by atoms with Gasteiger partial charge in [0.2, 0.25) is 0 Å². The van der Waals surface area contributed by atoms with Crippen LogP contribution in [0.1, 0.15) is 57.8 Å². The Kier molecular flexibility index (Phi) is 3.66. The zero-order chi connectivity index (χ0) is 10.7. The number of rotatable bonds is 3. The normalized spacial score (nSPS) is 26.7. The first-order valence-electron chi connectivity index (χ1n) is 6.52. The smallest absolute Gasteiger partial charge is 0.307 e. The highest BCUT2D eigenvalue weighted by atomic mass is 16.4. The molecule has 2 fully saturated rings. The molecule has 0 aromatic rings. The van der Waals surface area contributed by atoms with Gasteiger partial charge >= 0.3 is 5.97 Å². The van der Waals surface area contributed by atoms with Crippen molar-refractivity contribution in [1.29, 1.82) is 0 Å². The molecule has 0 heterocycles. The molecule has 2 saturated carbocycles. The molecule has 0 bridgehead atoms. The number of aliphatic carboxylic acids is 1. The Balaban J connectivity index is 1.98. The van der Waals surface area contributed by atoms with E-state index >= 15 is 0 Å². The van der Waals surface area contributed by atoms with Gasteiger partial charge in [0.1, 0.15) is 0 Å². The van der Waals surface area contributed by atoms with Crippen molar-refractivity contribution < 1.29 is 9.90 Å². The van der Waals surface area contributed by atoms with E-state index in [1.54, 1.807) is 0 Å². The summed E-state index contributed by atoms with van der Waals surface area (Å²) in [6.45, 7) is 0. The first kappa shape index (κ1) is 11.0. The van der Waals surface area contributed by atoms with E-state index in [2.05, 4.69) is 0 Å². The molecule has 1 unspecified atom stereocenters. The Labute approximate surface area is 92.1 Å². The Bertz CT molecular complexity index is 213. The van der Waals surface area contributed by atoms with Crippen LogP contribution in [-0.2, 0) is 4.79 Å². The van der Waals surface area contributed by atoms with Crippen molar-refractivity contribution in [3.63, 3.8) is 0 Å². The first-order chi connectivity index (χ1) is 7.29. The van der Waals surface area contributed by atoms with E-state index in [9.17, 15) is 9.90 Å². The summed E-state index contributed by atoms with van der Waals surface area (Å²) in [5.74, 6) is 0.448. The lowest BCUT2D eigenvalue weighted by atomic mass is 9.69. The second-order valence-electron chi connectivity index (χ2n) is 5.31. The van der Waals surface area contributed by atoms with Gasteiger partial charge in [-0.05, 0) is 37.5 Å². The third kappa shape index (κ3) is 2.53. The molecule has 0 aliphatic heterocycles. The van der Waals surface area contributed by atoms with Crippen LogP contribution in [0.4, 0.5) is 0 Å². The minimum atomic E-state index is -0.522. The molecule has 2 heteroatoms. The summed E-state index contributed by atoms with van der Waals surface area (Å²) in [5.41, 5.74) is 0. The van der Waals surface area contributed by atoms with Gasteiger partial charge in [-0.3, -0.25) is 4.79 Å². The molecule has 2 rings (SSSR count). The molecule has 0 spiro atoms. The highest BCUT2D eigenvalue weighted by Gasteiger charge is 2.38. The van der Waals surface area contributed by atoms with Crippen molar-refractivity contribution in [2.24, 2.45) is 17.8 Å². The number of hydrogen-bond acceptors (Lipinski definition) is 1. The SMILES string of the molecule is O=C(O)C(C1CCCCCC1)C1CCC1. The number of carbonyl (C=O) groups is 1. The summed E-state index contributed by atoms with van der Waals surface area (Å²) in [7, 11) is 0. The largest absolute Gasteiger partial charge is 0.481 e. The van der Waals surface area contributed by atoms with Crippen molar-refractivity contribution in [1.82, 2.24) is 0 Å². The van der Waals surface area contributed by atoms with Crippen molar-refractivity contribution >= 4 is 5.97 Å². The van der Waals surface area contributed by atoms with Crippen LogP contribution in [0.15, 0.2) is 0 Å². The van der Waals surface area contributed by atoms with Crippen molar-refractivity contribution in [3.8, 4) is 0 Å². The molecular weight excluding hydrogens is 188 g/mol. The molecule has 0 radical (unpaired) electrons. The molecule has 1 atom stereocenters. The monoisotopic (exact) mass is 210 g/mol. The van der Waals surface area contributed by atoms with E-state index in [-0.39, 0.29) is 5.92 Å². The molecule has 2 nitrogen and oxygen atoms in total. The van der Waals surface area contributed by atoms with Crippen molar-refractivity contribution in [3.05, 3.63) is 0 Å². The summed E-state index contributed by atoms with van der Waals surface area (Å²) in [6, 6.07) is 0. The summed E-state index contributed by atoms with van der Waals surface area (Å²) in [4.78, 5) is 11.3. The fourth-order valence-corrected chi connectivity index (χ4v) is 3.26. The zero-order valence-electron chi connectivity index (χ0n) is 9.45. The molecule has 2 aliphatic rings. The standard InChI is InChI=1S/C13H22O2/c14-13(15)12(11-8-5-9-11)10-6-3-1-2-4-7-10/h10-12H,1-9H2,(H,14,15). The number of carboxylic acid groups (broad SMARTS) is 1. The van der Waals surface area contributed by atoms with Crippen molar-refractivity contribution in [2.45, 2.75) is 57.8 Å². The molecule has 86 valence electrons. The fraction of sp³-hybridized carbons (Fsp3) is 0.923. The molecule has 2 aliphatic carbocycles. The maximum Gasteiger partial charge on any atom is 0.307 e. The zero-order valence-corrected chi connectivity index (χ0v) is 9.45. The van der Waals surface area contributed by atoms with Gasteiger partial charge in [0.25, 0.3) is 0 Å². The van der Waals surface area contributed by atoms with Gasteiger partial charge in [-0.25, -0.2) is 0 Å². The third-order valence-corrected chi connectivity index (χ3v) is 4.35. The lowest BCUT2D eigenvalue weighted by molar-refractivity contribution is -0.147. The molecule has 0 aromatic heterocycles. The van der Waals surface area contributed by atoms with Gasteiger partial charge in [0.15, 0.2) is 0 Å². The summed E-state index contributed by atoms with van der Waals surface area (Å²) in [6.07, 6.45) is 11.0. The lowest BCUT2D eigenvalue weighted by Crippen LogP contribution is -2.34. The van der Waals surface area contributed by atoms with Crippen LogP contribution in [0.5, 0.6) is 0 Å². The van der Waals surface area contributed by atoms with Gasteiger partial charge in [-0.15, -0.1) is 0 Å². The second kappa shape index (κ2) is 5.00. The fourth-order valence-electron chi connectivity index (χ4n) is 3.26. The van der Waals surface area contributed by atoms with Gasteiger partial charge in [0, 0.05) is 0 Å². The quantitative estimate of drug-likeness (QED) is 0.724. The van der Waals surface area contributed by atoms with Crippen LogP contribution in [0.3, 0.4) is 0 Å². The topological polar surface area (TPSA) is 37.3 Å². The van der Waals surface area contributed by atoms with Gasteiger partial charge in [-0.1, -0.05) is 32.1 Å². The molecule has 0 aromatic carbocycles. The molecule has 15 heavy (non-hydrogen) atoms. The van der Waals surface area contributed by atoms with Crippen LogP contribution < -0.4 is 0 Å². The Hall–Kier alpha value is -0.530. The first-order valence-corrected chi connectivity index (χ1v) is 6.52. The van der Waals surface area contributed by atoms with Gasteiger partial charge < -0.3 is 5.11 Å². The average molecular weight is 210 g/mol. The van der Waals surface area contributed by atoms with Crippen LogP contribution in [-0.4, -0.2) is 11.1 Å². The maximum absolute atomic E-state index is 11.3. The second-order valence-corrected chi connectivity index (χ2v) is 5.31. The van der Waals surface area contributed by atoms with E-state index in [0.29, 0.717) is 11.8 Å². The van der Waals surface area contributed by atoms with Gasteiger partial charge in [0.05, 0.1) is 5.92 Å². The van der Waals surface area contributed by atoms with E-state index in [4.69, 9.17) is 0 Å². The van der Waals surface area contributed by atoms with E-state index < -0.39 is 5.97 Å². The van der Waals surface area contributed by atoms with Crippen LogP contribution in [0, 0.1) is 17.8 Å². The third-order valence-electron chi connectivity index (χ3n) is 4.35. The summed E-state index contributed by atoms with van der Waals surface area (Å²) >= 11 is 0. The number of carboxylic acids is 1. The summed E-state index contributed by atoms with van der Waals surface area (Å²) in [5, 5.41) is 9.35. The molecular formula is C13H22O2. The minimum absolute atomic E-state index is 0.0168. The van der Waals surface area contributed by atoms with Crippen LogP contribution in [0.2, 0.25) is 0 Å². The van der Waals surface area contributed by atoms with E-state index in [1.165, 1.54) is 32.1 Å². The maximum atomic E-state index is 11.3. The number of hydrogen-bond donors (Lipinski definition) is 1. The van der Waals surface area contributed by atoms with Gasteiger partial charge in [-0.2, -0.15) is 0 Å². The van der Waals surface area contributed by atoms with Crippen LogP contribution in [0.25, 0.3) is 0 Å². The minimum Gasteiger partial charge on any atom is -0.481 e. The lowest BCUT2D eigenvalue weighted by Gasteiger charge is -2.35.